The summed E-state index contributed by atoms with van der Waals surface area (Å²) in [7, 11) is 0. The van der Waals surface area contributed by atoms with Gasteiger partial charge in [0.2, 0.25) is 0 Å². The summed E-state index contributed by atoms with van der Waals surface area (Å²) in [5.41, 5.74) is 1.16. The molecule has 82 valence electrons. The molecule has 0 aliphatic rings. The fraction of sp³-hybridized carbons (Fsp3) is 0. The standard InChI is InChI=1S/C11H8ClFN2O/c12-9-5-8(1-2-10(9)13)15-11(14)7-3-4-16-6-7/h1-6H,(H2,14,15). The first-order valence-electron chi connectivity index (χ1n) is 4.50. The van der Waals surface area contributed by atoms with Crippen LogP contribution in [0.1, 0.15) is 5.56 Å². The molecule has 0 amide bonds. The van der Waals surface area contributed by atoms with Crippen LogP contribution in [0.15, 0.2) is 41.2 Å². The Morgan fingerprint density at radius 2 is 2.19 bits per heavy atom. The molecule has 3 nitrogen and oxygen atoms in total. The number of hydrogen-bond acceptors (Lipinski definition) is 2. The minimum atomic E-state index is -0.484. The summed E-state index contributed by atoms with van der Waals surface area (Å²) in [5.74, 6) is -0.321. The lowest BCUT2D eigenvalue weighted by Crippen LogP contribution is -2.10. The van der Waals surface area contributed by atoms with E-state index >= 15 is 0 Å². The average Bonchev–Trinajstić information content (AvgIpc) is 2.77. The lowest BCUT2D eigenvalue weighted by Gasteiger charge is -2.06. The van der Waals surface area contributed by atoms with E-state index in [1.807, 2.05) is 0 Å². The molecule has 1 aromatic heterocycles. The number of nitrogens with one attached hydrogen (secondary N) is 2. The monoisotopic (exact) mass is 238 g/mol. The summed E-state index contributed by atoms with van der Waals surface area (Å²) in [6.07, 6.45) is 2.92. The molecule has 0 bridgehead atoms. The molecule has 0 radical (unpaired) electrons. The van der Waals surface area contributed by atoms with Gasteiger partial charge in [0, 0.05) is 5.69 Å². The number of amidine groups is 1. The molecule has 2 rings (SSSR count). The van der Waals surface area contributed by atoms with Crippen LogP contribution < -0.4 is 5.32 Å². The van der Waals surface area contributed by atoms with Crippen molar-refractivity contribution in [1.82, 2.24) is 0 Å². The van der Waals surface area contributed by atoms with Gasteiger partial charge in [-0.05, 0) is 24.3 Å². The number of furan rings is 1. The highest BCUT2D eigenvalue weighted by Gasteiger charge is 2.05. The minimum absolute atomic E-state index is 0.0185. The van der Waals surface area contributed by atoms with E-state index in [4.69, 9.17) is 21.4 Å². The van der Waals surface area contributed by atoms with E-state index in [0.29, 0.717) is 11.3 Å². The minimum Gasteiger partial charge on any atom is -0.472 e. The second-order valence-electron chi connectivity index (χ2n) is 3.14. The van der Waals surface area contributed by atoms with Crippen molar-refractivity contribution in [3.8, 4) is 0 Å². The topological polar surface area (TPSA) is 49.0 Å². The summed E-state index contributed by atoms with van der Waals surface area (Å²) >= 11 is 5.62. The molecule has 0 aliphatic heterocycles. The Bertz CT molecular complexity index is 511. The number of halogens is 2. The van der Waals surface area contributed by atoms with Gasteiger partial charge < -0.3 is 9.73 Å². The lowest BCUT2D eigenvalue weighted by molar-refractivity contribution is 0.567. The number of anilines is 1. The predicted molar refractivity (Wildman–Crippen MR) is 60.6 cm³/mol. The molecular weight excluding hydrogens is 231 g/mol. The highest BCUT2D eigenvalue weighted by molar-refractivity contribution is 6.31. The second kappa shape index (κ2) is 4.37. The fourth-order valence-electron chi connectivity index (χ4n) is 1.20. The first-order chi connectivity index (χ1) is 7.66. The molecule has 0 aliphatic carbocycles. The van der Waals surface area contributed by atoms with Gasteiger partial charge in [-0.25, -0.2) is 4.39 Å². The van der Waals surface area contributed by atoms with Crippen LogP contribution in [0.4, 0.5) is 10.1 Å². The summed E-state index contributed by atoms with van der Waals surface area (Å²) < 4.78 is 17.7. The van der Waals surface area contributed by atoms with Crippen LogP contribution in [0.5, 0.6) is 0 Å². The smallest absolute Gasteiger partial charge is 0.141 e. The molecule has 0 atom stereocenters. The zero-order valence-electron chi connectivity index (χ0n) is 8.13. The molecule has 0 fully saturated rings. The zero-order valence-corrected chi connectivity index (χ0v) is 8.88. The van der Waals surface area contributed by atoms with Gasteiger partial charge in [-0.15, -0.1) is 0 Å². The van der Waals surface area contributed by atoms with Gasteiger partial charge in [-0.1, -0.05) is 11.6 Å². The third-order valence-electron chi connectivity index (χ3n) is 2.00. The maximum atomic E-state index is 12.9. The molecule has 16 heavy (non-hydrogen) atoms. The van der Waals surface area contributed by atoms with Crippen LogP contribution in [-0.4, -0.2) is 5.84 Å². The average molecular weight is 239 g/mol. The van der Waals surface area contributed by atoms with Crippen molar-refractivity contribution in [3.63, 3.8) is 0 Å². The van der Waals surface area contributed by atoms with E-state index in [2.05, 4.69) is 5.32 Å². The van der Waals surface area contributed by atoms with Gasteiger partial charge in [0.05, 0.1) is 16.8 Å². The number of hydrogen-bond donors (Lipinski definition) is 2. The van der Waals surface area contributed by atoms with Crippen molar-refractivity contribution in [1.29, 1.82) is 5.41 Å². The Kier molecular flexibility index (Phi) is 2.92. The third kappa shape index (κ3) is 2.23. The van der Waals surface area contributed by atoms with Gasteiger partial charge in [0.15, 0.2) is 0 Å². The van der Waals surface area contributed by atoms with Crippen molar-refractivity contribution < 1.29 is 8.81 Å². The molecule has 0 saturated carbocycles. The number of rotatable bonds is 2. The van der Waals surface area contributed by atoms with Gasteiger partial charge in [-0.3, -0.25) is 5.41 Å². The SMILES string of the molecule is N=C(Nc1ccc(F)c(Cl)c1)c1ccoc1. The van der Waals surface area contributed by atoms with E-state index in [1.54, 1.807) is 6.07 Å². The van der Waals surface area contributed by atoms with E-state index in [0.717, 1.165) is 0 Å². The van der Waals surface area contributed by atoms with Crippen molar-refractivity contribution in [2.24, 2.45) is 0 Å². The molecule has 1 aromatic carbocycles. The zero-order chi connectivity index (χ0) is 11.5. The van der Waals surface area contributed by atoms with Crippen molar-refractivity contribution in [3.05, 3.63) is 53.2 Å². The molecule has 0 spiro atoms. The Hall–Kier alpha value is -1.81. The highest BCUT2D eigenvalue weighted by atomic mass is 35.5. The van der Waals surface area contributed by atoms with E-state index in [1.165, 1.54) is 30.7 Å². The summed E-state index contributed by atoms with van der Waals surface area (Å²) in [4.78, 5) is 0. The first kappa shape index (κ1) is 10.7. The Labute approximate surface area is 96.4 Å². The van der Waals surface area contributed by atoms with E-state index in [9.17, 15) is 4.39 Å². The summed E-state index contributed by atoms with van der Waals surface area (Å²) in [5, 5.41) is 10.5. The molecule has 2 N–H and O–H groups in total. The van der Waals surface area contributed by atoms with Crippen molar-refractivity contribution in [2.75, 3.05) is 5.32 Å². The van der Waals surface area contributed by atoms with Crippen LogP contribution >= 0.6 is 11.6 Å². The highest BCUT2D eigenvalue weighted by Crippen LogP contribution is 2.19. The van der Waals surface area contributed by atoms with E-state index in [-0.39, 0.29) is 10.9 Å². The maximum absolute atomic E-state index is 12.9. The molecule has 1 heterocycles. The maximum Gasteiger partial charge on any atom is 0.141 e. The lowest BCUT2D eigenvalue weighted by atomic mass is 10.2. The summed E-state index contributed by atoms with van der Waals surface area (Å²) in [6.45, 7) is 0. The Morgan fingerprint density at radius 1 is 1.38 bits per heavy atom. The number of benzene rings is 1. The van der Waals surface area contributed by atoms with Crippen LogP contribution in [0.2, 0.25) is 5.02 Å². The molecule has 0 saturated heterocycles. The van der Waals surface area contributed by atoms with Crippen molar-refractivity contribution in [2.45, 2.75) is 0 Å². The van der Waals surface area contributed by atoms with Crippen LogP contribution in [-0.2, 0) is 0 Å². The second-order valence-corrected chi connectivity index (χ2v) is 3.55. The predicted octanol–water partition coefficient (Wildman–Crippen LogP) is 3.51. The van der Waals surface area contributed by atoms with Gasteiger partial charge >= 0.3 is 0 Å². The van der Waals surface area contributed by atoms with Crippen LogP contribution in [0.25, 0.3) is 0 Å². The first-order valence-corrected chi connectivity index (χ1v) is 4.88. The van der Waals surface area contributed by atoms with Gasteiger partial charge in [0.1, 0.15) is 17.9 Å². The Balaban J connectivity index is 2.15. The quantitative estimate of drug-likeness (QED) is 0.621. The van der Waals surface area contributed by atoms with Crippen LogP contribution in [0, 0.1) is 11.2 Å². The van der Waals surface area contributed by atoms with Crippen molar-refractivity contribution >= 4 is 23.1 Å². The fourth-order valence-corrected chi connectivity index (χ4v) is 1.38. The Morgan fingerprint density at radius 3 is 2.81 bits per heavy atom. The van der Waals surface area contributed by atoms with Gasteiger partial charge in [-0.2, -0.15) is 0 Å². The third-order valence-corrected chi connectivity index (χ3v) is 2.29. The molecule has 5 heteroatoms. The largest absolute Gasteiger partial charge is 0.472 e. The molecule has 0 unspecified atom stereocenters. The van der Waals surface area contributed by atoms with Gasteiger partial charge in [0.25, 0.3) is 0 Å². The van der Waals surface area contributed by atoms with E-state index < -0.39 is 5.82 Å². The van der Waals surface area contributed by atoms with Crippen LogP contribution in [0.3, 0.4) is 0 Å². The molecular formula is C11H8ClFN2O. The normalized spacial score (nSPS) is 10.1. The molecule has 2 aromatic rings. The summed E-state index contributed by atoms with van der Waals surface area (Å²) in [6, 6.07) is 5.83.